The first-order valence-electron chi connectivity index (χ1n) is 10.7. The van der Waals surface area contributed by atoms with Crippen LogP contribution in [0.1, 0.15) is 35.8 Å². The van der Waals surface area contributed by atoms with E-state index in [1.54, 1.807) is 18.3 Å². The molecule has 9 heteroatoms. The molecule has 1 aliphatic heterocycles. The van der Waals surface area contributed by atoms with Crippen molar-refractivity contribution >= 4 is 15.9 Å². The normalized spacial score (nSPS) is 16.1. The molecule has 1 aliphatic rings. The smallest absolute Gasteiger partial charge is 0.244 e. The Kier molecular flexibility index (Phi) is 6.58. The zero-order chi connectivity index (χ0) is 23.4. The Hall–Kier alpha value is -3.48. The predicted molar refractivity (Wildman–Crippen MR) is 122 cm³/mol. The number of nitriles is 1. The highest BCUT2D eigenvalue weighted by molar-refractivity contribution is 7.89. The molecule has 33 heavy (non-hydrogen) atoms. The molecular weight excluding hydrogens is 438 g/mol. The van der Waals surface area contributed by atoms with Crippen molar-refractivity contribution in [3.8, 4) is 6.07 Å². The molecule has 0 bridgehead atoms. The molecule has 2 heterocycles. The highest BCUT2D eigenvalue weighted by Crippen LogP contribution is 2.27. The fourth-order valence-electron chi connectivity index (χ4n) is 4.14. The molecule has 170 valence electrons. The van der Waals surface area contributed by atoms with Gasteiger partial charge in [0.15, 0.2) is 0 Å². The monoisotopic (exact) mass is 463 g/mol. The Bertz CT molecular complexity index is 1270. The minimum Gasteiger partial charge on any atom is -0.342 e. The predicted octanol–water partition coefficient (Wildman–Crippen LogP) is 2.60. The number of nitrogens with zero attached hydrogens (tertiary/aromatic N) is 4. The molecule has 1 fully saturated rings. The Labute approximate surface area is 193 Å². The maximum absolute atomic E-state index is 13.2. The molecular formula is C24H25N5O3S. The average molecular weight is 464 g/mol. The maximum atomic E-state index is 13.2. The van der Waals surface area contributed by atoms with E-state index in [0.717, 1.165) is 11.4 Å². The maximum Gasteiger partial charge on any atom is 0.244 e. The summed E-state index contributed by atoms with van der Waals surface area (Å²) in [6.45, 7) is 0.442. The number of carbonyl (C=O) groups excluding carboxylic acids is 1. The molecule has 1 atom stereocenters. The van der Waals surface area contributed by atoms with Crippen molar-refractivity contribution in [2.45, 2.75) is 23.8 Å². The topological polar surface area (TPSA) is 108 Å². The van der Waals surface area contributed by atoms with Crippen LogP contribution in [0.2, 0.25) is 0 Å². The first-order valence-corrected chi connectivity index (χ1v) is 12.2. The van der Waals surface area contributed by atoms with Gasteiger partial charge in [0.25, 0.3) is 0 Å². The highest BCUT2D eigenvalue weighted by atomic mass is 32.2. The summed E-state index contributed by atoms with van der Waals surface area (Å²) in [4.78, 5) is 17.6. The Morgan fingerprint density at radius 3 is 2.42 bits per heavy atom. The van der Waals surface area contributed by atoms with Crippen LogP contribution in [0.4, 0.5) is 0 Å². The van der Waals surface area contributed by atoms with Crippen molar-refractivity contribution < 1.29 is 13.2 Å². The quantitative estimate of drug-likeness (QED) is 0.605. The average Bonchev–Trinajstić information content (AvgIpc) is 3.28. The summed E-state index contributed by atoms with van der Waals surface area (Å²) < 4.78 is 29.4. The van der Waals surface area contributed by atoms with Gasteiger partial charge in [-0.1, -0.05) is 42.5 Å². The van der Waals surface area contributed by atoms with E-state index in [9.17, 15) is 18.5 Å². The van der Waals surface area contributed by atoms with E-state index in [2.05, 4.69) is 10.3 Å². The molecule has 0 aliphatic carbocycles. The number of rotatable bonds is 6. The Balaban J connectivity index is 1.47. The van der Waals surface area contributed by atoms with Gasteiger partial charge in [-0.15, -0.1) is 0 Å². The zero-order valence-corrected chi connectivity index (χ0v) is 19.1. The number of piperidine rings is 1. The number of aromatic nitrogens is 2. The summed E-state index contributed by atoms with van der Waals surface area (Å²) in [5.74, 6) is 0.290. The standard InChI is InChI=1S/C24H25N5O3S/c1-28-16-13-26-23(28)22(18-7-3-2-4-8-18)27-24(30)19-11-14-29(15-12-19)33(31,32)21-10-6-5-9-20(21)17-25/h2-10,13,16,19,22H,11-12,14-15H2,1H3,(H,27,30). The van der Waals surface area contributed by atoms with E-state index >= 15 is 0 Å². The number of amides is 1. The number of hydrogen-bond donors (Lipinski definition) is 1. The molecule has 8 nitrogen and oxygen atoms in total. The number of imidazole rings is 1. The van der Waals surface area contributed by atoms with Crippen molar-refractivity contribution in [2.24, 2.45) is 13.0 Å². The third-order valence-corrected chi connectivity index (χ3v) is 7.94. The number of sulfonamides is 1. The van der Waals surface area contributed by atoms with E-state index in [4.69, 9.17) is 0 Å². The van der Waals surface area contributed by atoms with Crippen LogP contribution in [0.25, 0.3) is 0 Å². The largest absolute Gasteiger partial charge is 0.342 e. The van der Waals surface area contributed by atoms with Crippen molar-refractivity contribution in [3.05, 3.63) is 83.9 Å². The third-order valence-electron chi connectivity index (χ3n) is 5.99. The van der Waals surface area contributed by atoms with E-state index < -0.39 is 16.1 Å². The molecule has 1 amide bonds. The second-order valence-electron chi connectivity index (χ2n) is 8.03. The van der Waals surface area contributed by atoms with Crippen LogP contribution in [0.5, 0.6) is 0 Å². The van der Waals surface area contributed by atoms with Crippen LogP contribution in [-0.2, 0) is 21.9 Å². The summed E-state index contributed by atoms with van der Waals surface area (Å²) in [5, 5.41) is 12.4. The number of carbonyl (C=O) groups is 1. The molecule has 0 saturated carbocycles. The fraction of sp³-hybridized carbons (Fsp3) is 0.292. The second-order valence-corrected chi connectivity index (χ2v) is 9.94. The number of nitrogens with one attached hydrogen (secondary N) is 1. The van der Waals surface area contributed by atoms with Crippen LogP contribution in [0, 0.1) is 17.2 Å². The van der Waals surface area contributed by atoms with Gasteiger partial charge >= 0.3 is 0 Å². The second kappa shape index (κ2) is 9.57. The van der Waals surface area contributed by atoms with Gasteiger partial charge in [0.05, 0.1) is 10.5 Å². The molecule has 0 radical (unpaired) electrons. The molecule has 0 spiro atoms. The van der Waals surface area contributed by atoms with E-state index in [1.165, 1.54) is 16.4 Å². The minimum absolute atomic E-state index is 0.00863. The van der Waals surface area contributed by atoms with Crippen molar-refractivity contribution in [1.29, 1.82) is 5.26 Å². The SMILES string of the molecule is Cn1ccnc1C(NC(=O)C1CCN(S(=O)(=O)c2ccccc2C#N)CC1)c1ccccc1. The van der Waals surface area contributed by atoms with Gasteiger partial charge in [0.1, 0.15) is 17.9 Å². The van der Waals surface area contributed by atoms with Gasteiger partial charge in [0, 0.05) is 38.4 Å². The van der Waals surface area contributed by atoms with E-state index in [1.807, 2.05) is 54.2 Å². The van der Waals surface area contributed by atoms with Crippen LogP contribution >= 0.6 is 0 Å². The van der Waals surface area contributed by atoms with Gasteiger partial charge < -0.3 is 9.88 Å². The molecule has 1 saturated heterocycles. The molecule has 1 aromatic heterocycles. The lowest BCUT2D eigenvalue weighted by Crippen LogP contribution is -2.44. The number of aryl methyl sites for hydroxylation is 1. The van der Waals surface area contributed by atoms with E-state index in [0.29, 0.717) is 12.8 Å². The molecule has 3 aromatic rings. The van der Waals surface area contributed by atoms with Crippen molar-refractivity contribution in [1.82, 2.24) is 19.2 Å². The lowest BCUT2D eigenvalue weighted by molar-refractivity contribution is -0.126. The van der Waals surface area contributed by atoms with E-state index in [-0.39, 0.29) is 35.4 Å². The van der Waals surface area contributed by atoms with Crippen molar-refractivity contribution in [2.75, 3.05) is 13.1 Å². The first kappa shape index (κ1) is 22.7. The molecule has 1 N–H and O–H groups in total. The summed E-state index contributed by atoms with van der Waals surface area (Å²) in [6.07, 6.45) is 4.34. The van der Waals surface area contributed by atoms with Gasteiger partial charge in [0.2, 0.25) is 15.9 Å². The highest BCUT2D eigenvalue weighted by Gasteiger charge is 2.34. The van der Waals surface area contributed by atoms with Gasteiger partial charge in [-0.2, -0.15) is 9.57 Å². The Morgan fingerprint density at radius 1 is 1.12 bits per heavy atom. The fourth-order valence-corrected chi connectivity index (χ4v) is 5.75. The van der Waals surface area contributed by atoms with Crippen LogP contribution < -0.4 is 5.32 Å². The molecule has 2 aromatic carbocycles. The van der Waals surface area contributed by atoms with Gasteiger partial charge in [-0.05, 0) is 30.5 Å². The third kappa shape index (κ3) is 4.67. The summed E-state index contributed by atoms with van der Waals surface area (Å²) >= 11 is 0. The minimum atomic E-state index is -3.80. The van der Waals surface area contributed by atoms with Crippen LogP contribution in [0.3, 0.4) is 0 Å². The lowest BCUT2D eigenvalue weighted by atomic mass is 9.96. The van der Waals surface area contributed by atoms with Gasteiger partial charge in [-0.25, -0.2) is 13.4 Å². The number of hydrogen-bond acceptors (Lipinski definition) is 5. The summed E-state index contributed by atoms with van der Waals surface area (Å²) in [7, 11) is -1.91. The summed E-state index contributed by atoms with van der Waals surface area (Å²) in [5.41, 5.74) is 1.05. The lowest BCUT2D eigenvalue weighted by Gasteiger charge is -2.31. The Morgan fingerprint density at radius 2 is 1.79 bits per heavy atom. The van der Waals surface area contributed by atoms with Gasteiger partial charge in [-0.3, -0.25) is 4.79 Å². The van der Waals surface area contributed by atoms with Crippen molar-refractivity contribution in [3.63, 3.8) is 0 Å². The zero-order valence-electron chi connectivity index (χ0n) is 18.3. The van der Waals surface area contributed by atoms with Crippen LogP contribution in [-0.4, -0.2) is 41.3 Å². The first-order chi connectivity index (χ1) is 15.9. The molecule has 1 unspecified atom stereocenters. The number of benzene rings is 2. The summed E-state index contributed by atoms with van der Waals surface area (Å²) in [6, 6.07) is 17.4. The van der Waals surface area contributed by atoms with Crippen LogP contribution in [0.15, 0.2) is 71.9 Å². The molecule has 4 rings (SSSR count).